The third kappa shape index (κ3) is 3.54. The molecule has 0 radical (unpaired) electrons. The van der Waals surface area contributed by atoms with Crippen LogP contribution in [0.4, 0.5) is 0 Å². The fraction of sp³-hybridized carbons (Fsp3) is 0.769. The first-order valence-corrected chi connectivity index (χ1v) is 6.57. The van der Waals surface area contributed by atoms with Gasteiger partial charge in [0.1, 0.15) is 5.76 Å². The topological polar surface area (TPSA) is 49.5 Å². The molecule has 1 aliphatic rings. The Morgan fingerprint density at radius 2 is 2.18 bits per heavy atom. The average molecular weight is 238 g/mol. The zero-order chi connectivity index (χ0) is 12.1. The number of aliphatic hydroxyl groups excluding tert-OH is 1. The maximum Gasteiger partial charge on any atom is 0.195 e. The SMILES string of the molecule is CC(CO)c1cnc(CCN2CCCCC2)o1. The van der Waals surface area contributed by atoms with Crippen LogP contribution in [0.25, 0.3) is 0 Å². The van der Waals surface area contributed by atoms with Crippen LogP contribution in [-0.4, -0.2) is 41.2 Å². The van der Waals surface area contributed by atoms with Crippen LogP contribution in [0.5, 0.6) is 0 Å². The zero-order valence-corrected chi connectivity index (χ0v) is 10.6. The summed E-state index contributed by atoms with van der Waals surface area (Å²) in [6.07, 6.45) is 6.62. The van der Waals surface area contributed by atoms with Crippen molar-refractivity contribution in [2.45, 2.75) is 38.5 Å². The number of hydrogen-bond acceptors (Lipinski definition) is 4. The lowest BCUT2D eigenvalue weighted by atomic mass is 10.1. The van der Waals surface area contributed by atoms with E-state index in [1.165, 1.54) is 32.4 Å². The molecule has 1 N–H and O–H groups in total. The lowest BCUT2D eigenvalue weighted by Gasteiger charge is -2.25. The smallest absolute Gasteiger partial charge is 0.195 e. The van der Waals surface area contributed by atoms with Crippen molar-refractivity contribution in [2.24, 2.45) is 0 Å². The van der Waals surface area contributed by atoms with Crippen LogP contribution in [-0.2, 0) is 6.42 Å². The van der Waals surface area contributed by atoms with E-state index in [0.717, 1.165) is 24.6 Å². The quantitative estimate of drug-likeness (QED) is 0.849. The lowest BCUT2D eigenvalue weighted by molar-refractivity contribution is 0.223. The summed E-state index contributed by atoms with van der Waals surface area (Å²) in [5.74, 6) is 1.64. The van der Waals surface area contributed by atoms with Crippen molar-refractivity contribution in [1.82, 2.24) is 9.88 Å². The van der Waals surface area contributed by atoms with Crippen molar-refractivity contribution in [1.29, 1.82) is 0 Å². The van der Waals surface area contributed by atoms with E-state index in [1.54, 1.807) is 6.20 Å². The van der Waals surface area contributed by atoms with Crippen molar-refractivity contribution >= 4 is 0 Å². The summed E-state index contributed by atoms with van der Waals surface area (Å²) in [4.78, 5) is 6.74. The first-order chi connectivity index (χ1) is 8.29. The predicted molar refractivity (Wildman–Crippen MR) is 66.0 cm³/mol. The third-order valence-corrected chi connectivity index (χ3v) is 3.42. The zero-order valence-electron chi connectivity index (χ0n) is 10.6. The first-order valence-electron chi connectivity index (χ1n) is 6.57. The Balaban J connectivity index is 1.80. The largest absolute Gasteiger partial charge is 0.445 e. The van der Waals surface area contributed by atoms with Gasteiger partial charge in [0.25, 0.3) is 0 Å². The summed E-state index contributed by atoms with van der Waals surface area (Å²) in [6.45, 7) is 5.50. The van der Waals surface area contributed by atoms with Crippen LogP contribution in [0.2, 0.25) is 0 Å². The first kappa shape index (κ1) is 12.6. The van der Waals surface area contributed by atoms with Gasteiger partial charge >= 0.3 is 0 Å². The van der Waals surface area contributed by atoms with Crippen molar-refractivity contribution < 1.29 is 9.52 Å². The van der Waals surface area contributed by atoms with Gasteiger partial charge in [0.15, 0.2) is 5.89 Å². The number of rotatable bonds is 5. The van der Waals surface area contributed by atoms with Crippen molar-refractivity contribution in [2.75, 3.05) is 26.2 Å². The molecule has 1 aromatic heterocycles. The van der Waals surface area contributed by atoms with Gasteiger partial charge in [0.05, 0.1) is 12.8 Å². The molecule has 1 fully saturated rings. The Kier molecular flexibility index (Phi) is 4.57. The molecule has 0 spiro atoms. The molecule has 96 valence electrons. The van der Waals surface area contributed by atoms with Crippen LogP contribution < -0.4 is 0 Å². The Hall–Kier alpha value is -0.870. The van der Waals surface area contributed by atoms with E-state index < -0.39 is 0 Å². The number of aromatic nitrogens is 1. The standard InChI is InChI=1S/C13H22N2O2/c1-11(10-16)12-9-14-13(17-12)5-8-15-6-3-2-4-7-15/h9,11,16H,2-8,10H2,1H3. The molecule has 1 aromatic rings. The summed E-state index contributed by atoms with van der Waals surface area (Å²) < 4.78 is 5.63. The van der Waals surface area contributed by atoms with E-state index in [4.69, 9.17) is 9.52 Å². The molecule has 17 heavy (non-hydrogen) atoms. The minimum atomic E-state index is 0.0474. The van der Waals surface area contributed by atoms with E-state index in [9.17, 15) is 0 Å². The molecular weight excluding hydrogens is 216 g/mol. The van der Waals surface area contributed by atoms with Gasteiger partial charge in [-0.15, -0.1) is 0 Å². The maximum absolute atomic E-state index is 9.04. The van der Waals surface area contributed by atoms with Gasteiger partial charge < -0.3 is 14.4 Å². The minimum absolute atomic E-state index is 0.0474. The van der Waals surface area contributed by atoms with E-state index in [0.29, 0.717) is 0 Å². The maximum atomic E-state index is 9.04. The van der Waals surface area contributed by atoms with Gasteiger partial charge in [0, 0.05) is 18.9 Å². The highest BCUT2D eigenvalue weighted by atomic mass is 16.4. The number of nitrogens with zero attached hydrogens (tertiary/aromatic N) is 2. The fourth-order valence-electron chi connectivity index (χ4n) is 2.19. The molecule has 4 nitrogen and oxygen atoms in total. The normalized spacial score (nSPS) is 19.4. The minimum Gasteiger partial charge on any atom is -0.445 e. The van der Waals surface area contributed by atoms with E-state index in [-0.39, 0.29) is 12.5 Å². The Bertz CT molecular complexity index is 332. The van der Waals surface area contributed by atoms with Crippen molar-refractivity contribution in [3.05, 3.63) is 17.8 Å². The summed E-state index contributed by atoms with van der Waals surface area (Å²) in [5, 5.41) is 9.04. The number of oxazole rings is 1. The van der Waals surface area contributed by atoms with Crippen molar-refractivity contribution in [3.8, 4) is 0 Å². The second-order valence-electron chi connectivity index (χ2n) is 4.89. The Morgan fingerprint density at radius 3 is 2.88 bits per heavy atom. The van der Waals surface area contributed by atoms with Crippen LogP contribution in [0.3, 0.4) is 0 Å². The number of hydrogen-bond donors (Lipinski definition) is 1. The summed E-state index contributed by atoms with van der Waals surface area (Å²) in [5.41, 5.74) is 0. The molecule has 1 unspecified atom stereocenters. The molecular formula is C13H22N2O2. The molecule has 1 saturated heterocycles. The number of piperidine rings is 1. The van der Waals surface area contributed by atoms with Gasteiger partial charge in [-0.05, 0) is 25.9 Å². The van der Waals surface area contributed by atoms with Gasteiger partial charge in [-0.3, -0.25) is 0 Å². The van der Waals surface area contributed by atoms with Crippen LogP contribution >= 0.6 is 0 Å². The highest BCUT2D eigenvalue weighted by Gasteiger charge is 2.13. The van der Waals surface area contributed by atoms with Crippen LogP contribution in [0.15, 0.2) is 10.6 Å². The monoisotopic (exact) mass is 238 g/mol. The number of aliphatic hydroxyl groups is 1. The molecule has 0 amide bonds. The van der Waals surface area contributed by atoms with E-state index in [1.807, 2.05) is 6.92 Å². The predicted octanol–water partition coefficient (Wildman–Crippen LogP) is 1.80. The van der Waals surface area contributed by atoms with Gasteiger partial charge in [0.2, 0.25) is 0 Å². The van der Waals surface area contributed by atoms with Gasteiger partial charge in [-0.25, -0.2) is 4.98 Å². The highest BCUT2D eigenvalue weighted by Crippen LogP contribution is 2.16. The molecule has 0 aromatic carbocycles. The fourth-order valence-corrected chi connectivity index (χ4v) is 2.19. The second kappa shape index (κ2) is 6.17. The van der Waals surface area contributed by atoms with E-state index >= 15 is 0 Å². The van der Waals surface area contributed by atoms with Crippen LogP contribution in [0.1, 0.15) is 43.8 Å². The molecule has 0 saturated carbocycles. The van der Waals surface area contributed by atoms with Gasteiger partial charge in [-0.2, -0.15) is 0 Å². The highest BCUT2D eigenvalue weighted by molar-refractivity contribution is 5.00. The average Bonchev–Trinajstić information content (AvgIpc) is 2.85. The molecule has 4 heteroatoms. The summed E-state index contributed by atoms with van der Waals surface area (Å²) >= 11 is 0. The molecule has 2 heterocycles. The number of likely N-dealkylation sites (tertiary alicyclic amines) is 1. The molecule has 1 aliphatic heterocycles. The molecule has 0 aliphatic carbocycles. The molecule has 2 rings (SSSR count). The third-order valence-electron chi connectivity index (χ3n) is 3.42. The van der Waals surface area contributed by atoms with E-state index in [2.05, 4.69) is 9.88 Å². The Morgan fingerprint density at radius 1 is 1.41 bits per heavy atom. The van der Waals surface area contributed by atoms with Crippen LogP contribution in [0, 0.1) is 0 Å². The second-order valence-corrected chi connectivity index (χ2v) is 4.89. The lowest BCUT2D eigenvalue weighted by Crippen LogP contribution is -2.31. The molecule has 0 bridgehead atoms. The molecule has 1 atom stereocenters. The summed E-state index contributed by atoms with van der Waals surface area (Å²) in [6, 6.07) is 0. The summed E-state index contributed by atoms with van der Waals surface area (Å²) in [7, 11) is 0. The Labute approximate surface area is 103 Å². The van der Waals surface area contributed by atoms with Crippen molar-refractivity contribution in [3.63, 3.8) is 0 Å². The van der Waals surface area contributed by atoms with Gasteiger partial charge in [-0.1, -0.05) is 13.3 Å².